The lowest BCUT2D eigenvalue weighted by molar-refractivity contribution is -0.143. The normalized spacial score (nSPS) is 25.0. The van der Waals surface area contributed by atoms with Gasteiger partial charge >= 0.3 is 0 Å². The molecule has 0 atom stereocenters. The number of rotatable bonds is 4. The lowest BCUT2D eigenvalue weighted by atomic mass is 9.94. The molecular weight excluding hydrogens is 368 g/mol. The van der Waals surface area contributed by atoms with E-state index in [-0.39, 0.29) is 23.7 Å². The number of hydrogen-bond donors (Lipinski definition) is 0. The van der Waals surface area contributed by atoms with Gasteiger partial charge in [0.15, 0.2) is 0 Å². The van der Waals surface area contributed by atoms with Crippen molar-refractivity contribution in [2.24, 2.45) is 11.8 Å². The Bertz CT molecular complexity index is 597. The van der Waals surface area contributed by atoms with Crippen molar-refractivity contribution in [3.63, 3.8) is 0 Å². The zero-order valence-corrected chi connectivity index (χ0v) is 17.7. The van der Waals surface area contributed by atoms with Crippen molar-refractivity contribution in [2.75, 3.05) is 58.9 Å². The maximum Gasteiger partial charge on any atom is 0.236 e. The zero-order valence-electron chi connectivity index (χ0n) is 17.7. The van der Waals surface area contributed by atoms with E-state index in [0.717, 1.165) is 77.8 Å². The van der Waals surface area contributed by atoms with Crippen molar-refractivity contribution in [2.45, 2.75) is 51.4 Å². The molecule has 3 heterocycles. The number of carbonyl (C=O) groups is 3. The molecule has 0 spiro atoms. The van der Waals surface area contributed by atoms with Gasteiger partial charge in [0.25, 0.3) is 0 Å². The van der Waals surface area contributed by atoms with Gasteiger partial charge in [-0.1, -0.05) is 12.8 Å². The Morgan fingerprint density at radius 2 is 1.07 bits per heavy atom. The Hall–Kier alpha value is -1.63. The molecular formula is C22H36N4O3. The minimum Gasteiger partial charge on any atom is -0.342 e. The average Bonchev–Trinajstić information content (AvgIpc) is 3.60. The molecule has 3 aliphatic heterocycles. The van der Waals surface area contributed by atoms with Gasteiger partial charge in [-0.3, -0.25) is 19.3 Å². The first-order chi connectivity index (χ1) is 14.1. The minimum absolute atomic E-state index is 0.0588. The Morgan fingerprint density at radius 3 is 1.62 bits per heavy atom. The molecule has 0 aromatic rings. The molecule has 0 N–H and O–H groups in total. The molecule has 4 rings (SSSR count). The fourth-order valence-corrected chi connectivity index (χ4v) is 4.93. The van der Waals surface area contributed by atoms with Crippen molar-refractivity contribution in [1.29, 1.82) is 0 Å². The number of amides is 3. The first kappa shape index (κ1) is 20.6. The van der Waals surface area contributed by atoms with E-state index in [2.05, 4.69) is 4.90 Å². The summed E-state index contributed by atoms with van der Waals surface area (Å²) in [7, 11) is 0. The van der Waals surface area contributed by atoms with Crippen LogP contribution in [0.15, 0.2) is 0 Å². The quantitative estimate of drug-likeness (QED) is 0.706. The lowest BCUT2D eigenvalue weighted by Gasteiger charge is -2.38. The maximum absolute atomic E-state index is 12.9. The van der Waals surface area contributed by atoms with Crippen LogP contribution < -0.4 is 0 Å². The van der Waals surface area contributed by atoms with Gasteiger partial charge in [0, 0.05) is 64.2 Å². The molecule has 7 nitrogen and oxygen atoms in total. The van der Waals surface area contributed by atoms with Crippen LogP contribution in [0.2, 0.25) is 0 Å². The van der Waals surface area contributed by atoms with Gasteiger partial charge in [0.1, 0.15) is 0 Å². The molecule has 29 heavy (non-hydrogen) atoms. The summed E-state index contributed by atoms with van der Waals surface area (Å²) in [4.78, 5) is 45.9. The fourth-order valence-electron chi connectivity index (χ4n) is 4.93. The van der Waals surface area contributed by atoms with Crippen LogP contribution in [0.5, 0.6) is 0 Å². The van der Waals surface area contributed by atoms with Crippen molar-refractivity contribution < 1.29 is 14.4 Å². The van der Waals surface area contributed by atoms with E-state index in [1.54, 1.807) is 0 Å². The van der Waals surface area contributed by atoms with E-state index >= 15 is 0 Å². The van der Waals surface area contributed by atoms with Gasteiger partial charge in [-0.15, -0.1) is 0 Å². The SMILES string of the molecule is O=C(CN1CCN(C(=O)C2CCN(C(=O)C3CC3)CC2)CC1)N1CCCCCC1. The van der Waals surface area contributed by atoms with Crippen LogP contribution in [0.1, 0.15) is 51.4 Å². The highest BCUT2D eigenvalue weighted by Gasteiger charge is 2.37. The third-order valence-electron chi connectivity index (χ3n) is 7.08. The summed E-state index contributed by atoms with van der Waals surface area (Å²) >= 11 is 0. The Balaban J connectivity index is 1.18. The maximum atomic E-state index is 12.9. The monoisotopic (exact) mass is 404 g/mol. The molecule has 0 aromatic heterocycles. The highest BCUT2D eigenvalue weighted by atomic mass is 16.2. The molecule has 1 aliphatic carbocycles. The molecule has 3 saturated heterocycles. The van der Waals surface area contributed by atoms with Crippen molar-refractivity contribution in [1.82, 2.24) is 19.6 Å². The van der Waals surface area contributed by atoms with Crippen LogP contribution in [0.3, 0.4) is 0 Å². The first-order valence-corrected chi connectivity index (χ1v) is 11.7. The predicted octanol–water partition coefficient (Wildman–Crippen LogP) is 1.18. The second kappa shape index (κ2) is 9.45. The number of hydrogen-bond acceptors (Lipinski definition) is 4. The molecule has 4 aliphatic rings. The number of piperidine rings is 1. The number of carbonyl (C=O) groups excluding carboxylic acids is 3. The third-order valence-corrected chi connectivity index (χ3v) is 7.08. The summed E-state index contributed by atoms with van der Waals surface area (Å²) in [5.41, 5.74) is 0. The van der Waals surface area contributed by atoms with Gasteiger partial charge in [-0.25, -0.2) is 0 Å². The average molecular weight is 405 g/mol. The molecule has 0 unspecified atom stereocenters. The van der Waals surface area contributed by atoms with Crippen LogP contribution in [0, 0.1) is 11.8 Å². The second-order valence-corrected chi connectivity index (χ2v) is 9.27. The summed E-state index contributed by atoms with van der Waals surface area (Å²) in [5, 5.41) is 0. The summed E-state index contributed by atoms with van der Waals surface area (Å²) < 4.78 is 0. The van der Waals surface area contributed by atoms with E-state index in [0.29, 0.717) is 25.5 Å². The van der Waals surface area contributed by atoms with Gasteiger partial charge in [-0.05, 0) is 38.5 Å². The second-order valence-electron chi connectivity index (χ2n) is 9.27. The van der Waals surface area contributed by atoms with Gasteiger partial charge in [0.05, 0.1) is 6.54 Å². The topological polar surface area (TPSA) is 64.2 Å². The van der Waals surface area contributed by atoms with E-state index in [1.165, 1.54) is 12.8 Å². The largest absolute Gasteiger partial charge is 0.342 e. The molecule has 4 fully saturated rings. The van der Waals surface area contributed by atoms with Gasteiger partial charge in [0.2, 0.25) is 17.7 Å². The third kappa shape index (κ3) is 5.30. The highest BCUT2D eigenvalue weighted by molar-refractivity contribution is 5.82. The standard InChI is InChI=1S/C22H36N4O3/c27-20(24-9-3-1-2-4-10-24)17-23-13-15-26(16-14-23)22(29)19-7-11-25(12-8-19)21(28)18-5-6-18/h18-19H,1-17H2. The number of likely N-dealkylation sites (tertiary alicyclic amines) is 2. The Morgan fingerprint density at radius 1 is 0.552 bits per heavy atom. The number of nitrogens with zero attached hydrogens (tertiary/aromatic N) is 4. The van der Waals surface area contributed by atoms with E-state index < -0.39 is 0 Å². The predicted molar refractivity (Wildman–Crippen MR) is 110 cm³/mol. The van der Waals surface area contributed by atoms with Gasteiger partial charge in [-0.2, -0.15) is 0 Å². The molecule has 7 heteroatoms. The van der Waals surface area contributed by atoms with E-state index in [9.17, 15) is 14.4 Å². The molecule has 3 amide bonds. The fraction of sp³-hybridized carbons (Fsp3) is 0.864. The van der Waals surface area contributed by atoms with E-state index in [4.69, 9.17) is 0 Å². The summed E-state index contributed by atoms with van der Waals surface area (Å²) in [5.74, 6) is 1.14. The molecule has 1 saturated carbocycles. The summed E-state index contributed by atoms with van der Waals surface area (Å²) in [6.45, 7) is 6.75. The molecule has 162 valence electrons. The molecule has 0 bridgehead atoms. The van der Waals surface area contributed by atoms with Crippen LogP contribution in [0.4, 0.5) is 0 Å². The zero-order chi connectivity index (χ0) is 20.2. The van der Waals surface area contributed by atoms with Gasteiger partial charge < -0.3 is 14.7 Å². The van der Waals surface area contributed by atoms with Crippen LogP contribution in [-0.2, 0) is 14.4 Å². The van der Waals surface area contributed by atoms with E-state index in [1.807, 2.05) is 14.7 Å². The smallest absolute Gasteiger partial charge is 0.236 e. The van der Waals surface area contributed by atoms with Crippen LogP contribution in [0.25, 0.3) is 0 Å². The lowest BCUT2D eigenvalue weighted by Crippen LogP contribution is -2.53. The Kier molecular flexibility index (Phi) is 6.73. The first-order valence-electron chi connectivity index (χ1n) is 11.7. The van der Waals surface area contributed by atoms with Crippen molar-refractivity contribution >= 4 is 17.7 Å². The van der Waals surface area contributed by atoms with Crippen molar-refractivity contribution in [3.05, 3.63) is 0 Å². The minimum atomic E-state index is 0.0588. The van der Waals surface area contributed by atoms with Crippen LogP contribution in [-0.4, -0.2) is 96.2 Å². The number of piperazine rings is 1. The highest BCUT2D eigenvalue weighted by Crippen LogP contribution is 2.32. The molecule has 0 radical (unpaired) electrons. The molecule has 0 aromatic carbocycles. The Labute approximate surface area is 174 Å². The van der Waals surface area contributed by atoms with Crippen LogP contribution >= 0.6 is 0 Å². The summed E-state index contributed by atoms with van der Waals surface area (Å²) in [6, 6.07) is 0. The summed E-state index contributed by atoms with van der Waals surface area (Å²) in [6.07, 6.45) is 8.40. The van der Waals surface area contributed by atoms with Crippen molar-refractivity contribution in [3.8, 4) is 0 Å².